The topological polar surface area (TPSA) is 41.5 Å². The first-order valence-corrected chi connectivity index (χ1v) is 12.2. The van der Waals surface area contributed by atoms with Crippen molar-refractivity contribution < 1.29 is 23.0 Å². The molecule has 0 unspecified atom stereocenters. The van der Waals surface area contributed by atoms with Crippen molar-refractivity contribution in [2.45, 2.75) is 12.8 Å². The molecule has 4 rings (SSSR count). The van der Waals surface area contributed by atoms with Gasteiger partial charge >= 0.3 is 6.18 Å². The van der Waals surface area contributed by atoms with Crippen molar-refractivity contribution in [2.75, 3.05) is 0 Å². The molecule has 3 aromatic carbocycles. The van der Waals surface area contributed by atoms with Gasteiger partial charge in [0, 0.05) is 47.7 Å². The number of ether oxygens (including phenoxy) is 1. The second-order valence-electron chi connectivity index (χ2n) is 6.82. The Balaban J connectivity index is 1.75. The van der Waals surface area contributed by atoms with Crippen LogP contribution in [0.1, 0.15) is 16.7 Å². The Morgan fingerprint density at radius 2 is 1.66 bits per heavy atom. The maximum absolute atomic E-state index is 13.8. The van der Waals surface area contributed by atoms with Gasteiger partial charge in [0.05, 0.1) is 5.70 Å². The lowest BCUT2D eigenvalue weighted by molar-refractivity contribution is -0.0543. The minimum absolute atomic E-state index is 0.0407. The number of phenolic OH excluding ortho intramolecular Hbond substituents is 1. The number of aromatic hydroxyl groups is 1. The Morgan fingerprint density at radius 1 is 0.938 bits per heavy atom. The summed E-state index contributed by atoms with van der Waals surface area (Å²) in [5.41, 5.74) is 1.49. The van der Waals surface area contributed by atoms with Crippen molar-refractivity contribution >= 4 is 59.0 Å². The molecule has 0 amide bonds. The number of benzene rings is 3. The molecule has 0 radical (unpaired) electrons. The predicted octanol–water partition coefficient (Wildman–Crippen LogP) is 7.37. The van der Waals surface area contributed by atoms with E-state index in [-0.39, 0.29) is 39.8 Å². The minimum atomic E-state index is -4.52. The van der Waals surface area contributed by atoms with Gasteiger partial charge in [-0.25, -0.2) is 0 Å². The van der Waals surface area contributed by atoms with Gasteiger partial charge in [0.1, 0.15) is 21.6 Å². The van der Waals surface area contributed by atoms with E-state index >= 15 is 0 Å². The SMILES string of the molecule is Oc1ccc(OCc2ccc(Cl)cc2)cc1C1=C(c2ccccc2Cl)C(C(F)(F)F)=IN1. The highest BCUT2D eigenvalue weighted by Gasteiger charge is 2.42. The largest absolute Gasteiger partial charge is 0.507 e. The third-order valence-electron chi connectivity index (χ3n) is 4.65. The van der Waals surface area contributed by atoms with E-state index in [0.29, 0.717) is 10.8 Å². The molecular formula is C23H15Cl2F3INO2. The van der Waals surface area contributed by atoms with Crippen LogP contribution in [0.3, 0.4) is 0 Å². The molecule has 166 valence electrons. The highest BCUT2D eigenvalue weighted by atomic mass is 127. The van der Waals surface area contributed by atoms with Gasteiger partial charge in [-0.3, -0.25) is 0 Å². The van der Waals surface area contributed by atoms with Crippen molar-refractivity contribution in [1.82, 2.24) is 3.53 Å². The quantitative estimate of drug-likeness (QED) is 0.240. The summed E-state index contributed by atoms with van der Waals surface area (Å²) in [6.07, 6.45) is -4.52. The van der Waals surface area contributed by atoms with Gasteiger partial charge in [0.15, 0.2) is 0 Å². The number of phenols is 1. The zero-order valence-electron chi connectivity index (χ0n) is 16.2. The lowest BCUT2D eigenvalue weighted by Crippen LogP contribution is -2.21. The normalized spacial score (nSPS) is 14.0. The fourth-order valence-electron chi connectivity index (χ4n) is 3.15. The van der Waals surface area contributed by atoms with Gasteiger partial charge < -0.3 is 13.4 Å². The van der Waals surface area contributed by atoms with Crippen molar-refractivity contribution in [3.63, 3.8) is 0 Å². The Labute approximate surface area is 202 Å². The average Bonchev–Trinajstić information content (AvgIpc) is 3.20. The van der Waals surface area contributed by atoms with Crippen LogP contribution in [0, 0.1) is 0 Å². The molecule has 0 bridgehead atoms. The molecule has 3 nitrogen and oxygen atoms in total. The Morgan fingerprint density at radius 3 is 2.34 bits per heavy atom. The molecular weight excluding hydrogens is 577 g/mol. The maximum atomic E-state index is 13.8. The van der Waals surface area contributed by atoms with Crippen molar-refractivity contribution in [1.29, 1.82) is 0 Å². The standard InChI is InChI=1S/C23H15Cl2F3INO2/c24-14-7-5-13(6-8-14)12-32-15-9-10-19(31)17(11-15)21-20(16-3-1-2-4-18(16)25)22(29-30-21)23(26,27)28/h1-11,30-31H,12H2. The van der Waals surface area contributed by atoms with E-state index in [2.05, 4.69) is 3.53 Å². The Kier molecular flexibility index (Phi) is 6.69. The summed E-state index contributed by atoms with van der Waals surface area (Å²) in [4.78, 5) is 0. The number of hydrogen-bond acceptors (Lipinski definition) is 3. The second kappa shape index (κ2) is 9.33. The molecule has 0 saturated carbocycles. The zero-order chi connectivity index (χ0) is 22.9. The van der Waals surface area contributed by atoms with Crippen LogP contribution in [0.25, 0.3) is 11.3 Å². The second-order valence-corrected chi connectivity index (χ2v) is 9.83. The maximum Gasteiger partial charge on any atom is 0.423 e. The molecule has 0 atom stereocenters. The van der Waals surface area contributed by atoms with Gasteiger partial charge in [0.25, 0.3) is 0 Å². The van der Waals surface area contributed by atoms with Crippen LogP contribution in [-0.2, 0) is 6.61 Å². The molecule has 1 heterocycles. The monoisotopic (exact) mass is 591 g/mol. The number of rotatable bonds is 5. The highest BCUT2D eigenvalue weighted by molar-refractivity contribution is 14.2. The van der Waals surface area contributed by atoms with Crippen molar-refractivity contribution in [3.8, 4) is 11.5 Å². The fourth-order valence-corrected chi connectivity index (χ4v) is 5.74. The lowest BCUT2D eigenvalue weighted by Gasteiger charge is -2.16. The molecule has 0 aromatic heterocycles. The van der Waals surface area contributed by atoms with Crippen LogP contribution in [0.5, 0.6) is 11.5 Å². The van der Waals surface area contributed by atoms with Gasteiger partial charge in [-0.05, 0) is 42.0 Å². The van der Waals surface area contributed by atoms with Gasteiger partial charge in [-0.1, -0.05) is 53.5 Å². The first-order valence-electron chi connectivity index (χ1n) is 9.28. The third kappa shape index (κ3) is 4.89. The van der Waals surface area contributed by atoms with Crippen LogP contribution >= 0.6 is 44.2 Å². The first kappa shape index (κ1) is 22.9. The van der Waals surface area contributed by atoms with Crippen molar-refractivity contribution in [3.05, 3.63) is 93.5 Å². The van der Waals surface area contributed by atoms with E-state index in [9.17, 15) is 18.3 Å². The van der Waals surface area contributed by atoms with Crippen LogP contribution < -0.4 is 8.27 Å². The smallest absolute Gasteiger partial charge is 0.423 e. The molecule has 1 aliphatic rings. The number of hydrogen-bond donors (Lipinski definition) is 2. The molecule has 1 aliphatic heterocycles. The fraction of sp³-hybridized carbons (Fsp3) is 0.0870. The molecule has 2 N–H and O–H groups in total. The molecule has 0 fully saturated rings. The number of nitrogens with one attached hydrogen (secondary N) is 1. The van der Waals surface area contributed by atoms with Gasteiger partial charge in [0.2, 0.25) is 0 Å². The van der Waals surface area contributed by atoms with Crippen LogP contribution in [0.15, 0.2) is 66.7 Å². The summed E-state index contributed by atoms with van der Waals surface area (Å²) in [7, 11) is 0. The predicted molar refractivity (Wildman–Crippen MR) is 130 cm³/mol. The van der Waals surface area contributed by atoms with Crippen LogP contribution in [-0.4, -0.2) is 14.8 Å². The van der Waals surface area contributed by atoms with E-state index in [1.165, 1.54) is 24.3 Å². The van der Waals surface area contributed by atoms with E-state index in [4.69, 9.17) is 27.9 Å². The Hall–Kier alpha value is -2.23. The summed E-state index contributed by atoms with van der Waals surface area (Å²) < 4.78 is 49.5. The van der Waals surface area contributed by atoms with E-state index in [0.717, 1.165) is 5.56 Å². The molecule has 0 saturated heterocycles. The van der Waals surface area contributed by atoms with Gasteiger partial charge in [-0.2, -0.15) is 13.2 Å². The van der Waals surface area contributed by atoms with E-state index in [1.54, 1.807) is 30.3 Å². The average molecular weight is 592 g/mol. The minimum Gasteiger partial charge on any atom is -0.507 e. The highest BCUT2D eigenvalue weighted by Crippen LogP contribution is 2.44. The zero-order valence-corrected chi connectivity index (χ0v) is 19.9. The molecule has 9 heteroatoms. The number of allylic oxidation sites excluding steroid dienone is 1. The van der Waals surface area contributed by atoms with E-state index in [1.807, 2.05) is 12.1 Å². The van der Waals surface area contributed by atoms with Crippen molar-refractivity contribution in [2.24, 2.45) is 0 Å². The van der Waals surface area contributed by atoms with Crippen LogP contribution in [0.4, 0.5) is 13.2 Å². The summed E-state index contributed by atoms with van der Waals surface area (Å²) in [6.45, 7) is 0.234. The molecule has 32 heavy (non-hydrogen) atoms. The third-order valence-corrected chi connectivity index (χ3v) is 7.73. The molecule has 3 aromatic rings. The lowest BCUT2D eigenvalue weighted by atomic mass is 9.96. The summed E-state index contributed by atoms with van der Waals surface area (Å²) in [6, 6.07) is 17.9. The molecule has 0 aliphatic carbocycles. The summed E-state index contributed by atoms with van der Waals surface area (Å²) >= 11 is 10.5. The summed E-state index contributed by atoms with van der Waals surface area (Å²) in [5, 5.41) is 11.3. The first-order chi connectivity index (χ1) is 15.2. The number of halogens is 6. The number of alkyl halides is 3. The van der Waals surface area contributed by atoms with Gasteiger partial charge in [-0.15, -0.1) is 0 Å². The molecule has 0 spiro atoms. The van der Waals surface area contributed by atoms with E-state index < -0.39 is 30.7 Å². The van der Waals surface area contributed by atoms with Crippen LogP contribution in [0.2, 0.25) is 10.0 Å². The Bertz CT molecular complexity index is 1220. The summed E-state index contributed by atoms with van der Waals surface area (Å²) in [5.74, 6) is 0.238.